The van der Waals surface area contributed by atoms with E-state index < -0.39 is 0 Å². The molecule has 1 aliphatic carbocycles. The van der Waals surface area contributed by atoms with E-state index in [1.165, 1.54) is 56.3 Å². The molecular formula is C19H30N2. The van der Waals surface area contributed by atoms with Gasteiger partial charge in [-0.2, -0.15) is 0 Å². The average Bonchev–Trinajstić information content (AvgIpc) is 3.00. The number of nitrogens with two attached hydrogens (primary N) is 1. The highest BCUT2D eigenvalue weighted by atomic mass is 15.2. The van der Waals surface area contributed by atoms with Gasteiger partial charge in [-0.25, -0.2) is 0 Å². The summed E-state index contributed by atoms with van der Waals surface area (Å²) in [6.45, 7) is 8.00. The lowest BCUT2D eigenvalue weighted by molar-refractivity contribution is 0.0884. The van der Waals surface area contributed by atoms with Gasteiger partial charge in [0, 0.05) is 18.6 Å². The van der Waals surface area contributed by atoms with Gasteiger partial charge >= 0.3 is 0 Å². The van der Waals surface area contributed by atoms with Gasteiger partial charge in [0.2, 0.25) is 0 Å². The lowest BCUT2D eigenvalue weighted by Gasteiger charge is -2.45. The van der Waals surface area contributed by atoms with Gasteiger partial charge in [-0.3, -0.25) is 4.90 Å². The Morgan fingerprint density at radius 2 is 1.81 bits per heavy atom. The van der Waals surface area contributed by atoms with E-state index in [2.05, 4.69) is 43.0 Å². The second-order valence-electron chi connectivity index (χ2n) is 7.25. The third kappa shape index (κ3) is 2.53. The van der Waals surface area contributed by atoms with Gasteiger partial charge in [-0.15, -0.1) is 0 Å². The molecule has 0 saturated carbocycles. The fraction of sp³-hybridized carbons (Fsp3) is 0.684. The quantitative estimate of drug-likeness (QED) is 0.919. The van der Waals surface area contributed by atoms with Crippen molar-refractivity contribution in [2.45, 2.75) is 57.9 Å². The van der Waals surface area contributed by atoms with Crippen LogP contribution in [0.25, 0.3) is 0 Å². The van der Waals surface area contributed by atoms with Gasteiger partial charge in [0.25, 0.3) is 0 Å². The molecule has 0 radical (unpaired) electrons. The molecule has 0 aromatic heterocycles. The summed E-state index contributed by atoms with van der Waals surface area (Å²) < 4.78 is 0. The van der Waals surface area contributed by atoms with Crippen molar-refractivity contribution in [1.82, 2.24) is 4.90 Å². The predicted octanol–water partition coefficient (Wildman–Crippen LogP) is 3.38. The number of aryl methyl sites for hydroxylation is 1. The van der Waals surface area contributed by atoms with Gasteiger partial charge < -0.3 is 5.73 Å². The summed E-state index contributed by atoms with van der Waals surface area (Å²) in [5.41, 5.74) is 10.1. The van der Waals surface area contributed by atoms with E-state index in [1.807, 2.05) is 0 Å². The average molecular weight is 286 g/mol. The number of hydrogen-bond acceptors (Lipinski definition) is 2. The van der Waals surface area contributed by atoms with Gasteiger partial charge in [0.1, 0.15) is 0 Å². The summed E-state index contributed by atoms with van der Waals surface area (Å²) in [5, 5.41) is 0. The van der Waals surface area contributed by atoms with Crippen molar-refractivity contribution in [2.75, 3.05) is 19.6 Å². The molecule has 1 unspecified atom stereocenters. The number of nitrogens with zero attached hydrogens (tertiary/aromatic N) is 1. The van der Waals surface area contributed by atoms with E-state index in [0.29, 0.717) is 5.41 Å². The first kappa shape index (κ1) is 15.1. The molecular weight excluding hydrogens is 256 g/mol. The second-order valence-corrected chi connectivity index (χ2v) is 7.25. The van der Waals surface area contributed by atoms with Crippen molar-refractivity contribution in [2.24, 2.45) is 11.1 Å². The second kappa shape index (κ2) is 5.73. The van der Waals surface area contributed by atoms with Crippen LogP contribution in [0.15, 0.2) is 24.3 Å². The van der Waals surface area contributed by atoms with E-state index in [0.717, 1.165) is 13.0 Å². The SMILES string of the molecule is CCC1(CC)CCN(C2(CN)CCc3ccccc3C2)C1. The van der Waals surface area contributed by atoms with Crippen LogP contribution in [0.5, 0.6) is 0 Å². The maximum Gasteiger partial charge on any atom is 0.0375 e. The van der Waals surface area contributed by atoms with Crippen molar-refractivity contribution in [3.05, 3.63) is 35.4 Å². The molecule has 2 N–H and O–H groups in total. The highest BCUT2D eigenvalue weighted by molar-refractivity contribution is 5.32. The molecule has 0 bridgehead atoms. The summed E-state index contributed by atoms with van der Waals surface area (Å²) in [4.78, 5) is 2.75. The number of rotatable bonds is 4. The predicted molar refractivity (Wildman–Crippen MR) is 89.5 cm³/mol. The molecule has 1 atom stereocenters. The Bertz CT molecular complexity index is 492. The number of benzene rings is 1. The van der Waals surface area contributed by atoms with Crippen LogP contribution in [0.2, 0.25) is 0 Å². The fourth-order valence-corrected chi connectivity index (χ4v) is 4.52. The number of likely N-dealkylation sites (tertiary alicyclic amines) is 1. The maximum absolute atomic E-state index is 6.31. The van der Waals surface area contributed by atoms with E-state index >= 15 is 0 Å². The number of fused-ring (bicyclic) bond motifs is 1. The van der Waals surface area contributed by atoms with E-state index in [4.69, 9.17) is 5.73 Å². The zero-order valence-electron chi connectivity index (χ0n) is 13.7. The third-order valence-electron chi connectivity index (χ3n) is 6.49. The zero-order chi connectivity index (χ0) is 14.9. The van der Waals surface area contributed by atoms with Crippen molar-refractivity contribution in [3.8, 4) is 0 Å². The van der Waals surface area contributed by atoms with Gasteiger partial charge in [-0.1, -0.05) is 38.1 Å². The largest absolute Gasteiger partial charge is 0.329 e. The molecule has 2 nitrogen and oxygen atoms in total. The van der Waals surface area contributed by atoms with Crippen molar-refractivity contribution < 1.29 is 0 Å². The Kier molecular flexibility index (Phi) is 4.11. The molecule has 1 saturated heterocycles. The van der Waals surface area contributed by atoms with Crippen LogP contribution in [0.1, 0.15) is 50.7 Å². The minimum absolute atomic E-state index is 0.209. The van der Waals surface area contributed by atoms with Crippen LogP contribution in [0.4, 0.5) is 0 Å². The minimum Gasteiger partial charge on any atom is -0.329 e. The van der Waals surface area contributed by atoms with Crippen LogP contribution in [-0.2, 0) is 12.8 Å². The molecule has 0 amide bonds. The number of hydrogen-bond donors (Lipinski definition) is 1. The molecule has 2 heteroatoms. The molecule has 1 aliphatic heterocycles. The molecule has 1 heterocycles. The van der Waals surface area contributed by atoms with Crippen molar-refractivity contribution in [3.63, 3.8) is 0 Å². The first-order valence-corrected chi connectivity index (χ1v) is 8.69. The monoisotopic (exact) mass is 286 g/mol. The Labute approximate surface area is 129 Å². The van der Waals surface area contributed by atoms with Gasteiger partial charge in [-0.05, 0) is 61.6 Å². The molecule has 1 fully saturated rings. The third-order valence-corrected chi connectivity index (χ3v) is 6.49. The van der Waals surface area contributed by atoms with Crippen LogP contribution in [0.3, 0.4) is 0 Å². The first-order chi connectivity index (χ1) is 10.2. The summed E-state index contributed by atoms with van der Waals surface area (Å²) in [5.74, 6) is 0. The molecule has 1 aromatic carbocycles. The van der Waals surface area contributed by atoms with Crippen LogP contribution in [0, 0.1) is 5.41 Å². The summed E-state index contributed by atoms with van der Waals surface area (Å²) in [6, 6.07) is 8.95. The lowest BCUT2D eigenvalue weighted by atomic mass is 9.76. The van der Waals surface area contributed by atoms with Crippen molar-refractivity contribution in [1.29, 1.82) is 0 Å². The zero-order valence-corrected chi connectivity index (χ0v) is 13.7. The highest BCUT2D eigenvalue weighted by Crippen LogP contribution is 2.43. The van der Waals surface area contributed by atoms with E-state index in [9.17, 15) is 0 Å². The topological polar surface area (TPSA) is 29.3 Å². The maximum atomic E-state index is 6.31. The van der Waals surface area contributed by atoms with Crippen LogP contribution >= 0.6 is 0 Å². The van der Waals surface area contributed by atoms with Crippen LogP contribution in [-0.4, -0.2) is 30.1 Å². The van der Waals surface area contributed by atoms with E-state index in [1.54, 1.807) is 0 Å². The molecule has 3 rings (SSSR count). The summed E-state index contributed by atoms with van der Waals surface area (Å²) in [6.07, 6.45) is 7.51. The Morgan fingerprint density at radius 1 is 1.10 bits per heavy atom. The van der Waals surface area contributed by atoms with Gasteiger partial charge in [0.05, 0.1) is 0 Å². The first-order valence-electron chi connectivity index (χ1n) is 8.69. The molecule has 2 aliphatic rings. The summed E-state index contributed by atoms with van der Waals surface area (Å²) in [7, 11) is 0. The smallest absolute Gasteiger partial charge is 0.0375 e. The highest BCUT2D eigenvalue weighted by Gasteiger charge is 2.45. The van der Waals surface area contributed by atoms with Crippen LogP contribution < -0.4 is 5.73 Å². The molecule has 116 valence electrons. The van der Waals surface area contributed by atoms with Crippen molar-refractivity contribution >= 4 is 0 Å². The van der Waals surface area contributed by atoms with E-state index in [-0.39, 0.29) is 5.54 Å². The minimum atomic E-state index is 0.209. The Hall–Kier alpha value is -0.860. The fourth-order valence-electron chi connectivity index (χ4n) is 4.52. The molecule has 1 aromatic rings. The van der Waals surface area contributed by atoms with Gasteiger partial charge in [0.15, 0.2) is 0 Å². The Balaban J connectivity index is 1.83. The molecule has 21 heavy (non-hydrogen) atoms. The Morgan fingerprint density at radius 3 is 2.43 bits per heavy atom. The molecule has 0 spiro atoms. The lowest BCUT2D eigenvalue weighted by Crippen LogP contribution is -2.56. The standard InChI is InChI=1S/C19H30N2/c1-3-18(4-2)11-12-21(15-18)19(14-20)10-9-16-7-5-6-8-17(16)13-19/h5-8H,3-4,9-15,20H2,1-2H3. The normalized spacial score (nSPS) is 28.5. The summed E-state index contributed by atoms with van der Waals surface area (Å²) >= 11 is 0.